The van der Waals surface area contributed by atoms with Crippen molar-refractivity contribution in [2.45, 2.75) is 32.8 Å². The normalized spacial score (nSPS) is 13.9. The van der Waals surface area contributed by atoms with Gasteiger partial charge in [-0.3, -0.25) is 10.1 Å². The zero-order valence-electron chi connectivity index (χ0n) is 14.5. The van der Waals surface area contributed by atoms with E-state index < -0.39 is 0 Å². The summed E-state index contributed by atoms with van der Waals surface area (Å²) in [6, 6.07) is 15.3. The van der Waals surface area contributed by atoms with Crippen LogP contribution in [0.3, 0.4) is 0 Å². The molecule has 1 atom stereocenters. The van der Waals surface area contributed by atoms with Gasteiger partial charge in [-0.2, -0.15) is 0 Å². The number of nitrogens with one attached hydrogen (secondary N) is 1. The Morgan fingerprint density at radius 2 is 1.96 bits per heavy atom. The van der Waals surface area contributed by atoms with Crippen molar-refractivity contribution >= 4 is 28.9 Å². The monoisotopic (exact) mass is 354 g/mol. The van der Waals surface area contributed by atoms with E-state index >= 15 is 0 Å². The quantitative estimate of drug-likeness (QED) is 0.845. The molecule has 0 aromatic heterocycles. The summed E-state index contributed by atoms with van der Waals surface area (Å²) in [5, 5.41) is 3.27. The highest BCUT2D eigenvalue weighted by atomic mass is 32.1. The van der Waals surface area contributed by atoms with Gasteiger partial charge in [0, 0.05) is 17.8 Å². The van der Waals surface area contributed by atoms with E-state index in [1.807, 2.05) is 42.2 Å². The number of thiocarbonyl (C=S) groups is 1. The van der Waals surface area contributed by atoms with Crippen molar-refractivity contribution in [3.8, 4) is 5.75 Å². The second-order valence-corrected chi connectivity index (χ2v) is 6.54. The number of carbonyl (C=O) groups is 1. The van der Waals surface area contributed by atoms with Gasteiger partial charge >= 0.3 is 0 Å². The molecule has 0 aliphatic carbocycles. The molecule has 0 spiro atoms. The average Bonchev–Trinajstić information content (AvgIpc) is 3.06. The molecule has 3 rings (SSSR count). The number of hydrogen-bond acceptors (Lipinski definition) is 3. The van der Waals surface area contributed by atoms with Crippen LogP contribution in [0.15, 0.2) is 48.5 Å². The predicted molar refractivity (Wildman–Crippen MR) is 104 cm³/mol. The molecule has 1 heterocycles. The van der Waals surface area contributed by atoms with E-state index in [2.05, 4.69) is 18.3 Å². The minimum atomic E-state index is -0.204. The lowest BCUT2D eigenvalue weighted by Gasteiger charge is -2.20. The zero-order valence-corrected chi connectivity index (χ0v) is 15.3. The highest BCUT2D eigenvalue weighted by molar-refractivity contribution is 7.80. The Bertz CT molecular complexity index is 774. The largest absolute Gasteiger partial charge is 0.491 e. The van der Waals surface area contributed by atoms with Crippen LogP contribution in [0.1, 0.15) is 36.2 Å². The van der Waals surface area contributed by atoms with Gasteiger partial charge in [0.05, 0.1) is 6.10 Å². The smallest absolute Gasteiger partial charge is 0.257 e. The first-order valence-corrected chi connectivity index (χ1v) is 8.96. The van der Waals surface area contributed by atoms with Gasteiger partial charge in [-0.1, -0.05) is 25.1 Å². The van der Waals surface area contributed by atoms with E-state index in [1.54, 1.807) is 12.1 Å². The molecule has 1 aliphatic rings. The Morgan fingerprint density at radius 3 is 2.68 bits per heavy atom. The lowest BCUT2D eigenvalue weighted by Crippen LogP contribution is -2.41. The first-order chi connectivity index (χ1) is 12.1. The second-order valence-electron chi connectivity index (χ2n) is 6.15. The molecule has 5 heteroatoms. The number of rotatable bonds is 4. The minimum absolute atomic E-state index is 0.155. The van der Waals surface area contributed by atoms with E-state index in [-0.39, 0.29) is 12.0 Å². The van der Waals surface area contributed by atoms with Crippen LogP contribution in [-0.4, -0.2) is 23.7 Å². The summed E-state index contributed by atoms with van der Waals surface area (Å²) in [4.78, 5) is 14.4. The summed E-state index contributed by atoms with van der Waals surface area (Å²) in [7, 11) is 0. The Morgan fingerprint density at radius 1 is 1.24 bits per heavy atom. The van der Waals surface area contributed by atoms with E-state index in [1.165, 1.54) is 5.56 Å². The Balaban J connectivity index is 1.63. The van der Waals surface area contributed by atoms with Crippen molar-refractivity contribution < 1.29 is 9.53 Å². The third-order valence-electron chi connectivity index (χ3n) is 4.38. The van der Waals surface area contributed by atoms with Crippen LogP contribution >= 0.6 is 12.2 Å². The maximum Gasteiger partial charge on any atom is 0.257 e. The van der Waals surface area contributed by atoms with E-state index in [0.717, 1.165) is 30.8 Å². The van der Waals surface area contributed by atoms with Crippen molar-refractivity contribution in [3.05, 3.63) is 59.7 Å². The first kappa shape index (κ1) is 17.4. The molecule has 1 amide bonds. The molecular weight excluding hydrogens is 332 g/mol. The molecule has 0 fully saturated rings. The maximum absolute atomic E-state index is 12.4. The zero-order chi connectivity index (χ0) is 17.8. The first-order valence-electron chi connectivity index (χ1n) is 8.56. The van der Waals surface area contributed by atoms with Gasteiger partial charge in [-0.25, -0.2) is 0 Å². The van der Waals surface area contributed by atoms with Crippen LogP contribution < -0.4 is 15.0 Å². The molecule has 1 unspecified atom stereocenters. The van der Waals surface area contributed by atoms with Crippen molar-refractivity contribution in [1.29, 1.82) is 0 Å². The summed E-state index contributed by atoms with van der Waals surface area (Å²) >= 11 is 5.43. The highest BCUT2D eigenvalue weighted by Gasteiger charge is 2.23. The fourth-order valence-electron chi connectivity index (χ4n) is 2.79. The third-order valence-corrected chi connectivity index (χ3v) is 4.70. The van der Waals surface area contributed by atoms with Crippen LogP contribution in [0, 0.1) is 0 Å². The maximum atomic E-state index is 12.4. The fraction of sp³-hybridized carbons (Fsp3) is 0.300. The molecule has 0 saturated carbocycles. The summed E-state index contributed by atoms with van der Waals surface area (Å²) in [6.45, 7) is 4.89. The highest BCUT2D eigenvalue weighted by Crippen LogP contribution is 2.27. The minimum Gasteiger partial charge on any atom is -0.491 e. The third kappa shape index (κ3) is 3.99. The van der Waals surface area contributed by atoms with Crippen LogP contribution in [0.5, 0.6) is 5.75 Å². The number of hydrogen-bond donors (Lipinski definition) is 1. The lowest BCUT2D eigenvalue weighted by molar-refractivity contribution is 0.0977. The van der Waals surface area contributed by atoms with Crippen molar-refractivity contribution in [1.82, 2.24) is 5.32 Å². The number of fused-ring (bicyclic) bond motifs is 1. The number of anilines is 1. The van der Waals surface area contributed by atoms with Gasteiger partial charge < -0.3 is 9.64 Å². The second kappa shape index (κ2) is 7.66. The molecular formula is C20H22N2O2S. The number of amides is 1. The fourth-order valence-corrected chi connectivity index (χ4v) is 3.07. The summed E-state index contributed by atoms with van der Waals surface area (Å²) in [5.74, 6) is 0.561. The van der Waals surface area contributed by atoms with E-state index in [0.29, 0.717) is 10.7 Å². The Hall–Kier alpha value is -2.40. The Labute approximate surface area is 153 Å². The van der Waals surface area contributed by atoms with Crippen LogP contribution in [0.2, 0.25) is 0 Å². The van der Waals surface area contributed by atoms with Gasteiger partial charge in [0.1, 0.15) is 5.75 Å². The lowest BCUT2D eigenvalue weighted by atomic mass is 10.2. The van der Waals surface area contributed by atoms with Gasteiger partial charge in [0.25, 0.3) is 5.91 Å². The standard InChI is InChI=1S/C20H22N2O2S/c1-3-14(2)24-17-10-8-16(9-11-17)19(23)21-20(25)22-13-12-15-6-4-5-7-18(15)22/h4-11,14H,3,12-13H2,1-2H3,(H,21,23,25). The van der Waals surface area contributed by atoms with Crippen LogP contribution in [0.4, 0.5) is 5.69 Å². The molecule has 4 nitrogen and oxygen atoms in total. The van der Waals surface area contributed by atoms with Gasteiger partial charge in [-0.15, -0.1) is 0 Å². The number of carbonyl (C=O) groups excluding carboxylic acids is 1. The van der Waals surface area contributed by atoms with Crippen molar-refractivity contribution in [2.24, 2.45) is 0 Å². The molecule has 25 heavy (non-hydrogen) atoms. The average molecular weight is 354 g/mol. The topological polar surface area (TPSA) is 41.6 Å². The molecule has 0 bridgehead atoms. The van der Waals surface area contributed by atoms with Crippen molar-refractivity contribution in [3.63, 3.8) is 0 Å². The Kier molecular flexibility index (Phi) is 5.34. The summed E-state index contributed by atoms with van der Waals surface area (Å²) in [6.07, 6.45) is 2.03. The number of ether oxygens (including phenoxy) is 1. The molecule has 2 aromatic rings. The summed E-state index contributed by atoms with van der Waals surface area (Å²) < 4.78 is 5.73. The number of nitrogens with zero attached hydrogens (tertiary/aromatic N) is 1. The van der Waals surface area contributed by atoms with Crippen molar-refractivity contribution in [2.75, 3.05) is 11.4 Å². The van der Waals surface area contributed by atoms with Gasteiger partial charge in [0.15, 0.2) is 5.11 Å². The molecule has 0 saturated heterocycles. The molecule has 0 radical (unpaired) electrons. The van der Waals surface area contributed by atoms with E-state index in [9.17, 15) is 4.79 Å². The number of para-hydroxylation sites is 1. The van der Waals surface area contributed by atoms with Gasteiger partial charge in [-0.05, 0) is 67.9 Å². The predicted octanol–water partition coefficient (Wildman–Crippen LogP) is 3.94. The van der Waals surface area contributed by atoms with E-state index in [4.69, 9.17) is 17.0 Å². The van der Waals surface area contributed by atoms with Gasteiger partial charge in [0.2, 0.25) is 0 Å². The van der Waals surface area contributed by atoms with Crippen LogP contribution in [-0.2, 0) is 6.42 Å². The molecule has 1 N–H and O–H groups in total. The molecule has 2 aromatic carbocycles. The molecule has 130 valence electrons. The summed E-state index contributed by atoms with van der Waals surface area (Å²) in [5.41, 5.74) is 2.89. The van der Waals surface area contributed by atoms with Crippen LogP contribution in [0.25, 0.3) is 0 Å². The number of benzene rings is 2. The SMILES string of the molecule is CCC(C)Oc1ccc(C(=O)NC(=S)N2CCc3ccccc32)cc1. The molecule has 1 aliphatic heterocycles.